The molecule has 1 aromatic rings. The molecule has 1 fully saturated rings. The standard InChI is InChI=1S/C14H18FNO3/c1-9-4-5-12(15)11(7-9)13(14(17)18)16-8-10-3-2-6-19-10/h4-5,7,10,13,16H,2-3,6,8H2,1H3,(H,17,18). The van der Waals surface area contributed by atoms with Crippen LogP contribution in [0, 0.1) is 12.7 Å². The summed E-state index contributed by atoms with van der Waals surface area (Å²) in [6.07, 6.45) is 1.92. The lowest BCUT2D eigenvalue weighted by Crippen LogP contribution is -2.35. The molecular formula is C14H18FNO3. The molecule has 0 aliphatic carbocycles. The van der Waals surface area contributed by atoms with E-state index in [9.17, 15) is 14.3 Å². The Balaban J connectivity index is 2.10. The van der Waals surface area contributed by atoms with Gasteiger partial charge in [0.15, 0.2) is 0 Å². The number of hydrogen-bond acceptors (Lipinski definition) is 3. The lowest BCUT2D eigenvalue weighted by Gasteiger charge is -2.18. The van der Waals surface area contributed by atoms with Gasteiger partial charge in [0.1, 0.15) is 11.9 Å². The second-order valence-electron chi connectivity index (χ2n) is 4.84. The van der Waals surface area contributed by atoms with Crippen LogP contribution in [-0.2, 0) is 9.53 Å². The van der Waals surface area contributed by atoms with Crippen molar-refractivity contribution in [2.45, 2.75) is 31.9 Å². The molecule has 0 amide bonds. The van der Waals surface area contributed by atoms with Crippen molar-refractivity contribution in [2.24, 2.45) is 0 Å². The average molecular weight is 267 g/mol. The molecule has 2 rings (SSSR count). The molecule has 104 valence electrons. The highest BCUT2D eigenvalue weighted by molar-refractivity contribution is 5.75. The first kappa shape index (κ1) is 14.0. The van der Waals surface area contributed by atoms with Crippen molar-refractivity contribution in [3.05, 3.63) is 35.1 Å². The summed E-state index contributed by atoms with van der Waals surface area (Å²) in [6, 6.07) is 3.45. The van der Waals surface area contributed by atoms with Gasteiger partial charge in [-0.25, -0.2) is 4.39 Å². The van der Waals surface area contributed by atoms with E-state index in [4.69, 9.17) is 4.74 Å². The summed E-state index contributed by atoms with van der Waals surface area (Å²) in [7, 11) is 0. The molecule has 1 saturated heterocycles. The molecule has 1 aromatic carbocycles. The lowest BCUT2D eigenvalue weighted by molar-refractivity contribution is -0.139. The van der Waals surface area contributed by atoms with Gasteiger partial charge >= 0.3 is 5.97 Å². The molecule has 0 aromatic heterocycles. The summed E-state index contributed by atoms with van der Waals surface area (Å²) in [5.74, 6) is -1.58. The number of carboxylic acid groups (broad SMARTS) is 1. The van der Waals surface area contributed by atoms with Crippen molar-refractivity contribution >= 4 is 5.97 Å². The first-order chi connectivity index (χ1) is 9.08. The first-order valence-electron chi connectivity index (χ1n) is 6.42. The number of aliphatic carboxylic acids is 1. The summed E-state index contributed by atoms with van der Waals surface area (Å²) in [5, 5.41) is 12.1. The molecule has 0 bridgehead atoms. The van der Waals surface area contributed by atoms with E-state index < -0.39 is 17.8 Å². The van der Waals surface area contributed by atoms with Gasteiger partial charge in [-0.2, -0.15) is 0 Å². The number of rotatable bonds is 5. The summed E-state index contributed by atoms with van der Waals surface area (Å²) >= 11 is 0. The van der Waals surface area contributed by atoms with Gasteiger partial charge in [0, 0.05) is 18.7 Å². The van der Waals surface area contributed by atoms with Crippen molar-refractivity contribution < 1.29 is 19.0 Å². The molecular weight excluding hydrogens is 249 g/mol. The van der Waals surface area contributed by atoms with Crippen molar-refractivity contribution in [3.8, 4) is 0 Å². The van der Waals surface area contributed by atoms with Gasteiger partial charge in [-0.1, -0.05) is 17.7 Å². The quantitative estimate of drug-likeness (QED) is 0.857. The molecule has 0 radical (unpaired) electrons. The predicted octanol–water partition coefficient (Wildman–Crippen LogP) is 2.03. The molecule has 4 nitrogen and oxygen atoms in total. The SMILES string of the molecule is Cc1ccc(F)c(C(NCC2CCCO2)C(=O)O)c1. The van der Waals surface area contributed by atoms with Crippen molar-refractivity contribution in [1.82, 2.24) is 5.32 Å². The Kier molecular flexibility index (Phi) is 4.50. The van der Waals surface area contributed by atoms with E-state index >= 15 is 0 Å². The van der Waals surface area contributed by atoms with E-state index in [1.807, 2.05) is 6.92 Å². The largest absolute Gasteiger partial charge is 0.480 e. The van der Waals surface area contributed by atoms with Crippen LogP contribution < -0.4 is 5.32 Å². The highest BCUT2D eigenvalue weighted by Gasteiger charge is 2.25. The third-order valence-corrected chi connectivity index (χ3v) is 3.28. The van der Waals surface area contributed by atoms with E-state index in [2.05, 4.69) is 5.32 Å². The van der Waals surface area contributed by atoms with Gasteiger partial charge < -0.3 is 9.84 Å². The maximum Gasteiger partial charge on any atom is 0.325 e. The number of halogens is 1. The fraction of sp³-hybridized carbons (Fsp3) is 0.500. The molecule has 2 unspecified atom stereocenters. The monoisotopic (exact) mass is 267 g/mol. The van der Waals surface area contributed by atoms with Crippen LogP contribution in [0.1, 0.15) is 30.0 Å². The van der Waals surface area contributed by atoms with E-state index in [1.54, 1.807) is 12.1 Å². The minimum absolute atomic E-state index is 0.0229. The number of ether oxygens (including phenoxy) is 1. The van der Waals surface area contributed by atoms with Crippen molar-refractivity contribution in [1.29, 1.82) is 0 Å². The first-order valence-corrected chi connectivity index (χ1v) is 6.42. The van der Waals surface area contributed by atoms with Crippen LogP contribution in [0.5, 0.6) is 0 Å². The Bertz CT molecular complexity index is 458. The Morgan fingerprint density at radius 2 is 2.42 bits per heavy atom. The number of aryl methyl sites for hydroxylation is 1. The molecule has 5 heteroatoms. The van der Waals surface area contributed by atoms with Gasteiger partial charge in [-0.3, -0.25) is 10.1 Å². The number of carbonyl (C=O) groups is 1. The number of benzene rings is 1. The Morgan fingerprint density at radius 1 is 1.63 bits per heavy atom. The van der Waals surface area contributed by atoms with Gasteiger partial charge in [0.25, 0.3) is 0 Å². The molecule has 1 aliphatic rings. The van der Waals surface area contributed by atoms with Crippen LogP contribution in [0.2, 0.25) is 0 Å². The lowest BCUT2D eigenvalue weighted by atomic mass is 10.0. The summed E-state index contributed by atoms with van der Waals surface area (Å²) in [6.45, 7) is 2.94. The number of hydrogen-bond donors (Lipinski definition) is 2. The fourth-order valence-electron chi connectivity index (χ4n) is 2.27. The Morgan fingerprint density at radius 3 is 3.05 bits per heavy atom. The summed E-state index contributed by atoms with van der Waals surface area (Å²) in [5.41, 5.74) is 1.01. The molecule has 0 saturated carbocycles. The minimum Gasteiger partial charge on any atom is -0.480 e. The van der Waals surface area contributed by atoms with Crippen molar-refractivity contribution in [2.75, 3.05) is 13.2 Å². The summed E-state index contributed by atoms with van der Waals surface area (Å²) in [4.78, 5) is 11.3. The van der Waals surface area contributed by atoms with Gasteiger partial charge in [0.2, 0.25) is 0 Å². The topological polar surface area (TPSA) is 58.6 Å². The second kappa shape index (κ2) is 6.12. The van der Waals surface area contributed by atoms with Crippen LogP contribution in [0.25, 0.3) is 0 Å². The van der Waals surface area contributed by atoms with Crippen LogP contribution >= 0.6 is 0 Å². The maximum absolute atomic E-state index is 13.7. The zero-order chi connectivity index (χ0) is 13.8. The molecule has 19 heavy (non-hydrogen) atoms. The highest BCUT2D eigenvalue weighted by atomic mass is 19.1. The smallest absolute Gasteiger partial charge is 0.325 e. The molecule has 1 heterocycles. The number of nitrogens with one attached hydrogen (secondary N) is 1. The minimum atomic E-state index is -1.08. The van der Waals surface area contributed by atoms with Gasteiger partial charge in [-0.15, -0.1) is 0 Å². The van der Waals surface area contributed by atoms with E-state index in [0.29, 0.717) is 13.2 Å². The third-order valence-electron chi connectivity index (χ3n) is 3.28. The van der Waals surface area contributed by atoms with Gasteiger partial charge in [-0.05, 0) is 25.8 Å². The Labute approximate surface area is 111 Å². The van der Waals surface area contributed by atoms with Crippen LogP contribution in [-0.4, -0.2) is 30.3 Å². The predicted molar refractivity (Wildman–Crippen MR) is 68.5 cm³/mol. The van der Waals surface area contributed by atoms with E-state index in [1.165, 1.54) is 6.07 Å². The van der Waals surface area contributed by atoms with Gasteiger partial charge in [0.05, 0.1) is 6.10 Å². The molecule has 2 N–H and O–H groups in total. The van der Waals surface area contributed by atoms with Crippen LogP contribution in [0.3, 0.4) is 0 Å². The van der Waals surface area contributed by atoms with Crippen LogP contribution in [0.15, 0.2) is 18.2 Å². The highest BCUT2D eigenvalue weighted by Crippen LogP contribution is 2.20. The average Bonchev–Trinajstić information content (AvgIpc) is 2.86. The molecule has 1 aliphatic heterocycles. The second-order valence-corrected chi connectivity index (χ2v) is 4.84. The van der Waals surface area contributed by atoms with Crippen molar-refractivity contribution in [3.63, 3.8) is 0 Å². The fourth-order valence-corrected chi connectivity index (χ4v) is 2.27. The van der Waals surface area contributed by atoms with E-state index in [-0.39, 0.29) is 11.7 Å². The summed E-state index contributed by atoms with van der Waals surface area (Å²) < 4.78 is 19.2. The third kappa shape index (κ3) is 3.52. The zero-order valence-electron chi connectivity index (χ0n) is 10.9. The van der Waals surface area contributed by atoms with Crippen LogP contribution in [0.4, 0.5) is 4.39 Å². The zero-order valence-corrected chi connectivity index (χ0v) is 10.9. The Hall–Kier alpha value is -1.46. The normalized spacial score (nSPS) is 20.4. The maximum atomic E-state index is 13.7. The van der Waals surface area contributed by atoms with E-state index in [0.717, 1.165) is 18.4 Å². The molecule has 0 spiro atoms. The number of carboxylic acids is 1. The molecule has 2 atom stereocenters.